The summed E-state index contributed by atoms with van der Waals surface area (Å²) in [5, 5.41) is 8.35. The number of hydrogen-bond acceptors (Lipinski definition) is 4. The summed E-state index contributed by atoms with van der Waals surface area (Å²) in [6.07, 6.45) is 9.78. The van der Waals surface area contributed by atoms with Crippen LogP contribution in [0.5, 0.6) is 0 Å². The largest absolute Gasteiger partial charge is 0.396 e. The maximum Gasteiger partial charge on any atom is 0.0970 e. The number of nitrogens with zero attached hydrogens (tertiary/aromatic N) is 5. The van der Waals surface area contributed by atoms with Crippen LogP contribution < -0.4 is 5.73 Å². The van der Waals surface area contributed by atoms with E-state index in [2.05, 4.69) is 195 Å². The van der Waals surface area contributed by atoms with Crippen molar-refractivity contribution in [2.24, 2.45) is 0 Å². The van der Waals surface area contributed by atoms with Crippen molar-refractivity contribution < 1.29 is 0 Å². The summed E-state index contributed by atoms with van der Waals surface area (Å²) >= 11 is 0. The number of aromatic nitrogens is 5. The third kappa shape index (κ3) is 5.79. The summed E-state index contributed by atoms with van der Waals surface area (Å²) in [5.41, 5.74) is 32.0. The van der Waals surface area contributed by atoms with E-state index in [0.29, 0.717) is 5.69 Å². The molecule has 0 saturated carbocycles. The minimum absolute atomic E-state index is 0.217. The molecule has 74 heavy (non-hydrogen) atoms. The Hall–Kier alpha value is -8.87. The summed E-state index contributed by atoms with van der Waals surface area (Å²) in [6.45, 7) is 12.0. The number of rotatable bonds is 5. The highest BCUT2D eigenvalue weighted by Gasteiger charge is 2.42. The van der Waals surface area contributed by atoms with E-state index >= 15 is 0 Å². The molecule has 0 spiro atoms. The summed E-state index contributed by atoms with van der Waals surface area (Å²) in [4.78, 5) is 14.4. The van der Waals surface area contributed by atoms with Gasteiger partial charge in [-0.1, -0.05) is 107 Å². The molecule has 5 aromatic heterocycles. The molecule has 4 atom stereocenters. The second kappa shape index (κ2) is 15.8. The monoisotopic (exact) mass is 952 g/mol. The van der Waals surface area contributed by atoms with Gasteiger partial charge in [-0.2, -0.15) is 0 Å². The number of fused-ring (bicyclic) bond motifs is 12. The zero-order valence-corrected chi connectivity index (χ0v) is 42.0. The van der Waals surface area contributed by atoms with Gasteiger partial charge in [0.25, 0.3) is 0 Å². The van der Waals surface area contributed by atoms with E-state index in [-0.39, 0.29) is 23.7 Å². The van der Waals surface area contributed by atoms with Crippen molar-refractivity contribution in [3.63, 3.8) is 0 Å². The lowest BCUT2D eigenvalue weighted by Gasteiger charge is -2.42. The molecule has 0 radical (unpaired) electrons. The first-order valence-electron chi connectivity index (χ1n) is 26.1. The molecule has 354 valence electrons. The molecule has 2 aliphatic carbocycles. The molecule has 2 aliphatic rings. The number of anilines is 1. The van der Waals surface area contributed by atoms with Crippen molar-refractivity contribution in [3.05, 3.63) is 210 Å². The van der Waals surface area contributed by atoms with E-state index in [0.717, 1.165) is 55.1 Å². The summed E-state index contributed by atoms with van der Waals surface area (Å²) in [7, 11) is 0. The van der Waals surface area contributed by atoms with E-state index in [1.165, 1.54) is 93.8 Å². The van der Waals surface area contributed by atoms with Crippen LogP contribution in [-0.2, 0) is 0 Å². The van der Waals surface area contributed by atoms with Gasteiger partial charge in [-0.15, -0.1) is 0 Å². The maximum absolute atomic E-state index is 6.98. The van der Waals surface area contributed by atoms with E-state index in [1.807, 2.05) is 36.8 Å². The Bertz CT molecular complexity index is 4580. The van der Waals surface area contributed by atoms with Crippen LogP contribution >= 0.6 is 0 Å². The molecule has 6 heteroatoms. The van der Waals surface area contributed by atoms with Gasteiger partial charge in [0.1, 0.15) is 0 Å². The molecule has 4 unspecified atom stereocenters. The van der Waals surface area contributed by atoms with Crippen LogP contribution in [0.3, 0.4) is 0 Å². The smallest absolute Gasteiger partial charge is 0.0970 e. The third-order valence-corrected chi connectivity index (χ3v) is 17.3. The predicted octanol–water partition coefficient (Wildman–Crippen LogP) is 17.6. The molecule has 15 rings (SSSR count). The molecule has 6 nitrogen and oxygen atoms in total. The Kier molecular flexibility index (Phi) is 9.14. The fourth-order valence-corrected chi connectivity index (χ4v) is 13.5. The number of hydrogen-bond donors (Lipinski definition) is 1. The van der Waals surface area contributed by atoms with E-state index in [4.69, 9.17) is 20.7 Å². The number of benzene rings is 8. The van der Waals surface area contributed by atoms with Gasteiger partial charge in [-0.05, 0) is 177 Å². The second-order valence-electron chi connectivity index (χ2n) is 21.0. The van der Waals surface area contributed by atoms with Crippen LogP contribution in [0, 0.1) is 0 Å². The Morgan fingerprint density at radius 3 is 1.49 bits per heavy atom. The molecule has 0 aliphatic heterocycles. The molecule has 2 N–H and O–H groups in total. The van der Waals surface area contributed by atoms with Gasteiger partial charge in [-0.25, -0.2) is 0 Å². The van der Waals surface area contributed by atoms with E-state index in [9.17, 15) is 0 Å². The molecule has 0 bridgehead atoms. The Labute approximate surface area is 429 Å². The van der Waals surface area contributed by atoms with Crippen molar-refractivity contribution in [1.29, 1.82) is 0 Å². The zero-order valence-electron chi connectivity index (χ0n) is 42.0. The van der Waals surface area contributed by atoms with Gasteiger partial charge in [0.2, 0.25) is 0 Å². The molecular formula is C68H52N6. The van der Waals surface area contributed by atoms with Gasteiger partial charge < -0.3 is 14.9 Å². The van der Waals surface area contributed by atoms with Crippen molar-refractivity contribution in [2.45, 2.75) is 58.3 Å². The number of nitrogens with two attached hydrogens (primary N) is 1. The summed E-state index contributed by atoms with van der Waals surface area (Å²) in [6, 6.07) is 58.5. The topological polar surface area (TPSA) is 74.5 Å². The SMILES string of the molecule is C/C=C\c1c(-c2ccc3c(c2)c2cc4c5c(c2n3-c2ccccc2)C(C)C(C)c2cc3c6cc(-c7cc8cccnc8c8ncccc78)ccc6n(-c6ccccc6)c3c(c2-5)C(C)C4C)cc2cccnc2c1N. The highest BCUT2D eigenvalue weighted by atomic mass is 15.0. The first kappa shape index (κ1) is 42.8. The second-order valence-corrected chi connectivity index (χ2v) is 21.0. The van der Waals surface area contributed by atoms with E-state index in [1.54, 1.807) is 0 Å². The fourth-order valence-electron chi connectivity index (χ4n) is 13.5. The maximum atomic E-state index is 6.98. The minimum atomic E-state index is 0.217. The summed E-state index contributed by atoms with van der Waals surface area (Å²) in [5.74, 6) is 0.899. The molecule has 0 saturated heterocycles. The Morgan fingerprint density at radius 1 is 0.446 bits per heavy atom. The number of pyridine rings is 3. The minimum Gasteiger partial charge on any atom is -0.396 e. The average molecular weight is 953 g/mol. The number of nitrogen functional groups attached to an aromatic ring is 1. The van der Waals surface area contributed by atoms with Crippen molar-refractivity contribution in [1.82, 2.24) is 24.1 Å². The molecule has 13 aromatic rings. The Balaban J connectivity index is 1.04. The molecular weight excluding hydrogens is 901 g/mol. The predicted molar refractivity (Wildman–Crippen MR) is 310 cm³/mol. The van der Waals surface area contributed by atoms with Crippen molar-refractivity contribution in [3.8, 4) is 44.8 Å². The molecule has 0 fully saturated rings. The molecule has 5 heterocycles. The van der Waals surface area contributed by atoms with Gasteiger partial charge in [0, 0.05) is 73.2 Å². The molecule has 0 amide bonds. The van der Waals surface area contributed by atoms with Crippen LogP contribution in [0.25, 0.3) is 127 Å². The highest BCUT2D eigenvalue weighted by molar-refractivity contribution is 6.19. The van der Waals surface area contributed by atoms with Crippen LogP contribution in [0.4, 0.5) is 5.69 Å². The van der Waals surface area contributed by atoms with Crippen LogP contribution in [0.1, 0.15) is 86.1 Å². The zero-order chi connectivity index (χ0) is 49.7. The van der Waals surface area contributed by atoms with Crippen LogP contribution in [-0.4, -0.2) is 24.1 Å². The highest BCUT2D eigenvalue weighted by Crippen LogP contribution is 2.61. The first-order valence-corrected chi connectivity index (χ1v) is 26.1. The standard InChI is InChI=1S/C68H52N6/c1-6-16-47-51(33-43-17-13-28-70-64(43)63(47)69)41-24-26-57-53(31-41)55-35-49-37(2)40(5)60-62-50(38(3)39(4)59(61(49)62)67(55)73(57)45-19-9-7-10-20-45)36-56-54-32-42(25-27-58(54)74(68(56)60)46-21-11-8-12-22-46)52-34-44-18-14-29-71-65(44)66-48(52)23-15-30-72-66/h6-40H,69H2,1-5H3/b16-6-. The quantitative estimate of drug-likeness (QED) is 0.138. The van der Waals surface area contributed by atoms with E-state index < -0.39 is 0 Å². The van der Waals surface area contributed by atoms with Gasteiger partial charge in [0.15, 0.2) is 0 Å². The van der Waals surface area contributed by atoms with Crippen LogP contribution in [0.15, 0.2) is 182 Å². The van der Waals surface area contributed by atoms with Gasteiger partial charge in [-0.3, -0.25) is 15.0 Å². The fraction of sp³-hybridized carbons (Fsp3) is 0.132. The van der Waals surface area contributed by atoms with Crippen molar-refractivity contribution in [2.75, 3.05) is 5.73 Å². The number of para-hydroxylation sites is 2. The van der Waals surface area contributed by atoms with Gasteiger partial charge in [0.05, 0.1) is 44.3 Å². The lowest BCUT2D eigenvalue weighted by atomic mass is 9.62. The lowest BCUT2D eigenvalue weighted by Crippen LogP contribution is -2.24. The molecule has 8 aromatic carbocycles. The third-order valence-electron chi connectivity index (χ3n) is 17.3. The Morgan fingerprint density at radius 2 is 0.932 bits per heavy atom. The van der Waals surface area contributed by atoms with Crippen LogP contribution in [0.2, 0.25) is 0 Å². The van der Waals surface area contributed by atoms with Crippen molar-refractivity contribution >= 4 is 88.1 Å². The summed E-state index contributed by atoms with van der Waals surface area (Å²) < 4.78 is 5.14. The first-order chi connectivity index (χ1) is 36.3. The number of allylic oxidation sites excluding steroid dienone is 1. The van der Waals surface area contributed by atoms with Gasteiger partial charge >= 0.3 is 0 Å². The average Bonchev–Trinajstić information content (AvgIpc) is 3.98. The normalized spacial score (nSPS) is 17.3. The lowest BCUT2D eigenvalue weighted by molar-refractivity contribution is 0.584.